The second kappa shape index (κ2) is 9.77. The molecule has 0 aliphatic carbocycles. The van der Waals surface area contributed by atoms with E-state index < -0.39 is 15.9 Å². The average molecular weight is 511 g/mol. The van der Waals surface area contributed by atoms with Crippen molar-refractivity contribution in [3.8, 4) is 22.8 Å². The molecule has 10 heteroatoms. The molecule has 0 radical (unpaired) electrons. The Hall–Kier alpha value is -3.66. The third-order valence-corrected chi connectivity index (χ3v) is 7.08. The Morgan fingerprint density at radius 3 is 2.42 bits per heavy atom. The number of benzene rings is 1. The number of ether oxygens (including phenoxy) is 2. The number of sulfone groups is 1. The third-order valence-electron chi connectivity index (χ3n) is 6.16. The van der Waals surface area contributed by atoms with Crippen LogP contribution in [0.25, 0.3) is 22.3 Å². The second-order valence-electron chi connectivity index (χ2n) is 8.83. The number of aryl methyl sites for hydroxylation is 3. The summed E-state index contributed by atoms with van der Waals surface area (Å²) in [6, 6.07) is 10.4. The number of pyridine rings is 2. The number of rotatable bonds is 8. The van der Waals surface area contributed by atoms with Crippen LogP contribution < -0.4 is 15.2 Å². The zero-order valence-electron chi connectivity index (χ0n) is 21.3. The van der Waals surface area contributed by atoms with Gasteiger partial charge in [0, 0.05) is 25.1 Å². The van der Waals surface area contributed by atoms with E-state index in [1.54, 1.807) is 25.4 Å². The summed E-state index contributed by atoms with van der Waals surface area (Å²) < 4.78 is 38.7. The van der Waals surface area contributed by atoms with Crippen LogP contribution in [-0.4, -0.2) is 53.2 Å². The number of methoxy groups -OCH3 is 1. The molecular weight excluding hydrogens is 480 g/mol. The largest absolute Gasteiger partial charge is 0.491 e. The van der Waals surface area contributed by atoms with Crippen molar-refractivity contribution in [3.05, 3.63) is 69.9 Å². The van der Waals surface area contributed by atoms with Crippen LogP contribution in [-0.2, 0) is 16.9 Å². The first-order chi connectivity index (χ1) is 17.1. The molecule has 0 N–H and O–H groups in total. The molecule has 0 aliphatic heterocycles. The SMILES string of the molecule is CCOc1nc([C@@H](CS(C)(=O)=O)n2c(=O)n(C)c3cc(-c4c(C)cccc4C)cnc32)ccc1OC. The molecule has 0 spiro atoms. The van der Waals surface area contributed by atoms with Crippen LogP contribution in [0.5, 0.6) is 11.6 Å². The van der Waals surface area contributed by atoms with Crippen molar-refractivity contribution in [2.45, 2.75) is 26.8 Å². The molecule has 0 bridgehead atoms. The van der Waals surface area contributed by atoms with Gasteiger partial charge in [-0.05, 0) is 55.7 Å². The minimum Gasteiger partial charge on any atom is -0.491 e. The first-order valence-corrected chi connectivity index (χ1v) is 13.6. The van der Waals surface area contributed by atoms with Gasteiger partial charge in [0.05, 0.1) is 36.7 Å². The standard InChI is InChI=1S/C26H30N4O5S/c1-7-35-25-22(34-5)12-11-19(28-25)21(15-36(6,32)33)30-24-20(29(4)26(30)31)13-18(14-27-24)23-16(2)9-8-10-17(23)3/h8-14,21H,7,15H2,1-6H3/t21-/m1/s1. The lowest BCUT2D eigenvalue weighted by Gasteiger charge is -2.19. The minimum atomic E-state index is -3.51. The van der Waals surface area contributed by atoms with Crippen molar-refractivity contribution < 1.29 is 17.9 Å². The molecule has 1 atom stereocenters. The predicted octanol–water partition coefficient (Wildman–Crippen LogP) is 3.46. The van der Waals surface area contributed by atoms with Crippen molar-refractivity contribution in [3.63, 3.8) is 0 Å². The zero-order chi connectivity index (χ0) is 26.2. The fraction of sp³-hybridized carbons (Fsp3) is 0.346. The molecule has 0 saturated carbocycles. The highest BCUT2D eigenvalue weighted by molar-refractivity contribution is 7.90. The van der Waals surface area contributed by atoms with Crippen LogP contribution in [0.4, 0.5) is 0 Å². The van der Waals surface area contributed by atoms with Crippen molar-refractivity contribution in [2.24, 2.45) is 7.05 Å². The first-order valence-electron chi connectivity index (χ1n) is 11.5. The summed E-state index contributed by atoms with van der Waals surface area (Å²) in [6.07, 6.45) is 2.85. The van der Waals surface area contributed by atoms with Gasteiger partial charge < -0.3 is 9.47 Å². The monoisotopic (exact) mass is 510 g/mol. The lowest BCUT2D eigenvalue weighted by Crippen LogP contribution is -2.31. The maximum absolute atomic E-state index is 13.5. The quantitative estimate of drug-likeness (QED) is 0.357. The maximum Gasteiger partial charge on any atom is 0.330 e. The molecule has 190 valence electrons. The van der Waals surface area contributed by atoms with Crippen LogP contribution in [0, 0.1) is 13.8 Å². The molecule has 0 unspecified atom stereocenters. The molecule has 0 saturated heterocycles. The fourth-order valence-corrected chi connectivity index (χ4v) is 5.42. The molecule has 36 heavy (non-hydrogen) atoms. The van der Waals surface area contributed by atoms with E-state index in [0.717, 1.165) is 28.5 Å². The van der Waals surface area contributed by atoms with Gasteiger partial charge in [-0.2, -0.15) is 0 Å². The Labute approximate surface area is 210 Å². The summed E-state index contributed by atoms with van der Waals surface area (Å²) in [7, 11) is -0.353. The lowest BCUT2D eigenvalue weighted by molar-refractivity contribution is 0.296. The van der Waals surface area contributed by atoms with E-state index in [2.05, 4.69) is 9.97 Å². The van der Waals surface area contributed by atoms with Crippen LogP contribution in [0.2, 0.25) is 0 Å². The Morgan fingerprint density at radius 1 is 1.11 bits per heavy atom. The Bertz CT molecular complexity index is 1580. The van der Waals surface area contributed by atoms with Crippen molar-refractivity contribution >= 4 is 21.0 Å². The number of imidazole rings is 1. The average Bonchev–Trinajstić information content (AvgIpc) is 3.07. The molecule has 0 amide bonds. The summed E-state index contributed by atoms with van der Waals surface area (Å²) in [6.45, 7) is 6.23. The van der Waals surface area contributed by atoms with Gasteiger partial charge in [0.15, 0.2) is 11.4 Å². The van der Waals surface area contributed by atoms with Crippen molar-refractivity contribution in [2.75, 3.05) is 25.7 Å². The van der Waals surface area contributed by atoms with E-state index in [1.165, 1.54) is 16.2 Å². The molecule has 1 aromatic carbocycles. The normalized spacial score (nSPS) is 12.6. The maximum atomic E-state index is 13.5. The van der Waals surface area contributed by atoms with Crippen LogP contribution in [0.3, 0.4) is 0 Å². The summed E-state index contributed by atoms with van der Waals surface area (Å²) in [5.41, 5.74) is 5.08. The smallest absolute Gasteiger partial charge is 0.330 e. The van der Waals surface area contributed by atoms with E-state index in [1.807, 2.05) is 45.0 Å². The Kier molecular flexibility index (Phi) is 6.90. The van der Waals surface area contributed by atoms with E-state index in [-0.39, 0.29) is 17.3 Å². The van der Waals surface area contributed by atoms with E-state index in [9.17, 15) is 13.2 Å². The van der Waals surface area contributed by atoms with Gasteiger partial charge in [-0.25, -0.2) is 23.2 Å². The summed E-state index contributed by atoms with van der Waals surface area (Å²) in [4.78, 5) is 22.7. The highest BCUT2D eigenvalue weighted by Gasteiger charge is 2.28. The highest BCUT2D eigenvalue weighted by Crippen LogP contribution is 2.32. The van der Waals surface area contributed by atoms with Crippen molar-refractivity contribution in [1.82, 2.24) is 19.1 Å². The molecule has 4 rings (SSSR count). The fourth-order valence-electron chi connectivity index (χ4n) is 4.52. The molecule has 0 aliphatic rings. The Morgan fingerprint density at radius 2 is 1.81 bits per heavy atom. The summed E-state index contributed by atoms with van der Waals surface area (Å²) >= 11 is 0. The van der Waals surface area contributed by atoms with Crippen LogP contribution in [0.1, 0.15) is 29.8 Å². The van der Waals surface area contributed by atoms with Gasteiger partial charge in [-0.1, -0.05) is 18.2 Å². The van der Waals surface area contributed by atoms with Crippen molar-refractivity contribution in [1.29, 1.82) is 0 Å². The summed E-state index contributed by atoms with van der Waals surface area (Å²) in [5.74, 6) is 0.312. The number of aromatic nitrogens is 4. The summed E-state index contributed by atoms with van der Waals surface area (Å²) in [5, 5.41) is 0. The number of hydrogen-bond donors (Lipinski definition) is 0. The van der Waals surface area contributed by atoms with Gasteiger partial charge in [0.1, 0.15) is 9.84 Å². The van der Waals surface area contributed by atoms with Gasteiger partial charge in [0.2, 0.25) is 0 Å². The van der Waals surface area contributed by atoms with Gasteiger partial charge in [0.25, 0.3) is 5.88 Å². The zero-order valence-corrected chi connectivity index (χ0v) is 22.1. The highest BCUT2D eigenvalue weighted by atomic mass is 32.2. The molecule has 0 fully saturated rings. The van der Waals surface area contributed by atoms with E-state index >= 15 is 0 Å². The molecular formula is C26H30N4O5S. The van der Waals surface area contributed by atoms with Crippen LogP contribution >= 0.6 is 0 Å². The van der Waals surface area contributed by atoms with E-state index in [4.69, 9.17) is 9.47 Å². The van der Waals surface area contributed by atoms with Gasteiger partial charge in [-0.15, -0.1) is 0 Å². The minimum absolute atomic E-state index is 0.231. The third kappa shape index (κ3) is 4.73. The molecule has 3 heterocycles. The number of fused-ring (bicyclic) bond motifs is 1. The first kappa shape index (κ1) is 25.4. The second-order valence-corrected chi connectivity index (χ2v) is 11.0. The lowest BCUT2D eigenvalue weighted by atomic mass is 9.97. The predicted molar refractivity (Wildman–Crippen MR) is 140 cm³/mol. The van der Waals surface area contributed by atoms with Gasteiger partial charge >= 0.3 is 5.69 Å². The number of hydrogen-bond acceptors (Lipinski definition) is 7. The van der Waals surface area contributed by atoms with E-state index in [0.29, 0.717) is 29.2 Å². The molecule has 3 aromatic heterocycles. The molecule has 9 nitrogen and oxygen atoms in total. The molecule has 4 aromatic rings. The topological polar surface area (TPSA) is 105 Å². The van der Waals surface area contributed by atoms with Crippen LogP contribution in [0.15, 0.2) is 47.4 Å². The Balaban J connectivity index is 1.95. The number of nitrogens with zero attached hydrogens (tertiary/aromatic N) is 4. The van der Waals surface area contributed by atoms with Gasteiger partial charge in [-0.3, -0.25) is 9.13 Å².